The van der Waals surface area contributed by atoms with Crippen LogP contribution in [0.4, 0.5) is 5.69 Å². The molecular formula is C22H18BrN3O3S. The number of pyridine rings is 1. The quantitative estimate of drug-likeness (QED) is 0.586. The average molecular weight is 484 g/mol. The first-order chi connectivity index (χ1) is 14.6. The lowest BCUT2D eigenvalue weighted by Crippen LogP contribution is -2.40. The van der Waals surface area contributed by atoms with Gasteiger partial charge in [0.25, 0.3) is 5.91 Å². The van der Waals surface area contributed by atoms with Gasteiger partial charge in [-0.15, -0.1) is 0 Å². The Bertz CT molecular complexity index is 1120. The van der Waals surface area contributed by atoms with Crippen molar-refractivity contribution in [2.45, 2.75) is 16.5 Å². The number of halogens is 1. The van der Waals surface area contributed by atoms with Crippen molar-refractivity contribution in [3.8, 4) is 5.75 Å². The maximum Gasteiger partial charge on any atom is 0.261 e. The largest absolute Gasteiger partial charge is 0.496 e. The summed E-state index contributed by atoms with van der Waals surface area (Å²) in [4.78, 5) is 32.7. The van der Waals surface area contributed by atoms with Crippen molar-refractivity contribution in [2.75, 3.05) is 18.6 Å². The SMILES string of the molecule is COc1ccc(Br)cc1CNC(=O)CN1C(=O)c2cccnc2Sc2ccccc21. The molecule has 4 rings (SSSR count). The Morgan fingerprint density at radius 1 is 1.20 bits per heavy atom. The predicted octanol–water partition coefficient (Wildman–Crippen LogP) is 4.28. The van der Waals surface area contributed by atoms with E-state index in [-0.39, 0.29) is 24.9 Å². The molecular weight excluding hydrogens is 466 g/mol. The molecule has 1 aromatic heterocycles. The molecule has 6 nitrogen and oxygen atoms in total. The maximum absolute atomic E-state index is 13.2. The van der Waals surface area contributed by atoms with Crippen LogP contribution in [-0.2, 0) is 11.3 Å². The highest BCUT2D eigenvalue weighted by molar-refractivity contribution is 9.10. The zero-order chi connectivity index (χ0) is 21.1. The highest BCUT2D eigenvalue weighted by atomic mass is 79.9. The Balaban J connectivity index is 1.57. The third-order valence-corrected chi connectivity index (χ3v) is 6.21. The standard InChI is InChI=1S/C22H18BrN3O3S/c1-29-18-9-8-15(23)11-14(18)12-25-20(27)13-26-17-6-2-3-7-19(17)30-21-16(22(26)28)5-4-10-24-21/h2-11H,12-13H2,1H3,(H,25,27). The van der Waals surface area contributed by atoms with Crippen LogP contribution in [-0.4, -0.2) is 30.5 Å². The van der Waals surface area contributed by atoms with Crippen LogP contribution in [0, 0.1) is 0 Å². The van der Waals surface area contributed by atoms with Gasteiger partial charge >= 0.3 is 0 Å². The van der Waals surface area contributed by atoms with Crippen LogP contribution in [0.1, 0.15) is 15.9 Å². The molecule has 2 amide bonds. The van der Waals surface area contributed by atoms with Crippen LogP contribution in [0.2, 0.25) is 0 Å². The Hall–Kier alpha value is -2.84. The number of para-hydroxylation sites is 1. The Morgan fingerprint density at radius 3 is 2.87 bits per heavy atom. The van der Waals surface area contributed by atoms with Crippen LogP contribution in [0.5, 0.6) is 5.75 Å². The number of hydrogen-bond acceptors (Lipinski definition) is 5. The van der Waals surface area contributed by atoms with Crippen LogP contribution in [0.3, 0.4) is 0 Å². The van der Waals surface area contributed by atoms with Crippen molar-refractivity contribution >= 4 is 45.2 Å². The van der Waals surface area contributed by atoms with Crippen molar-refractivity contribution in [1.29, 1.82) is 0 Å². The number of aromatic nitrogens is 1. The van der Waals surface area contributed by atoms with Gasteiger partial charge in [0.1, 0.15) is 17.3 Å². The Kier molecular flexibility index (Phi) is 6.06. The van der Waals surface area contributed by atoms with Gasteiger partial charge in [-0.25, -0.2) is 4.98 Å². The fourth-order valence-corrected chi connectivity index (χ4v) is 4.62. The van der Waals surface area contributed by atoms with Gasteiger partial charge < -0.3 is 10.1 Å². The molecule has 0 unspecified atom stereocenters. The lowest BCUT2D eigenvalue weighted by molar-refractivity contribution is -0.119. The maximum atomic E-state index is 13.2. The summed E-state index contributed by atoms with van der Waals surface area (Å²) in [7, 11) is 1.59. The van der Waals surface area contributed by atoms with Crippen molar-refractivity contribution < 1.29 is 14.3 Å². The van der Waals surface area contributed by atoms with Crippen LogP contribution in [0.15, 0.2) is 75.2 Å². The number of fused-ring (bicyclic) bond motifs is 2. The van der Waals surface area contributed by atoms with Crippen molar-refractivity contribution in [2.24, 2.45) is 0 Å². The highest BCUT2D eigenvalue weighted by Crippen LogP contribution is 2.39. The normalized spacial score (nSPS) is 12.6. The summed E-state index contributed by atoms with van der Waals surface area (Å²) >= 11 is 4.86. The monoisotopic (exact) mass is 483 g/mol. The first kappa shape index (κ1) is 20.4. The van der Waals surface area contributed by atoms with E-state index in [4.69, 9.17) is 4.74 Å². The summed E-state index contributed by atoms with van der Waals surface area (Å²) in [6.07, 6.45) is 1.66. The predicted molar refractivity (Wildman–Crippen MR) is 119 cm³/mol. The number of ether oxygens (including phenoxy) is 1. The number of nitrogens with zero attached hydrogens (tertiary/aromatic N) is 2. The number of rotatable bonds is 5. The summed E-state index contributed by atoms with van der Waals surface area (Å²) < 4.78 is 6.25. The molecule has 2 heterocycles. The van der Waals surface area contributed by atoms with Crippen LogP contribution >= 0.6 is 27.7 Å². The minimum atomic E-state index is -0.266. The second-order valence-corrected chi connectivity index (χ2v) is 8.50. The number of methoxy groups -OCH3 is 1. The number of benzene rings is 2. The topological polar surface area (TPSA) is 71.5 Å². The van der Waals surface area contributed by atoms with Gasteiger partial charge in [-0.3, -0.25) is 14.5 Å². The van der Waals surface area contributed by atoms with Gasteiger partial charge in [0, 0.05) is 27.7 Å². The van der Waals surface area contributed by atoms with Crippen molar-refractivity contribution in [1.82, 2.24) is 10.3 Å². The van der Waals surface area contributed by atoms with E-state index in [1.54, 1.807) is 25.4 Å². The summed E-state index contributed by atoms with van der Waals surface area (Å²) in [6.45, 7) is 0.194. The van der Waals surface area contributed by atoms with E-state index >= 15 is 0 Å². The van der Waals surface area contributed by atoms with Gasteiger partial charge in [0.05, 0.1) is 18.4 Å². The number of carbonyl (C=O) groups excluding carboxylic acids is 2. The van der Waals surface area contributed by atoms with E-state index < -0.39 is 0 Å². The number of carbonyl (C=O) groups is 2. The number of anilines is 1. The van der Waals surface area contributed by atoms with E-state index in [1.165, 1.54) is 16.7 Å². The zero-order valence-corrected chi connectivity index (χ0v) is 18.5. The molecule has 1 aliphatic heterocycles. The third kappa shape index (κ3) is 4.20. The Morgan fingerprint density at radius 2 is 2.03 bits per heavy atom. The molecule has 152 valence electrons. The van der Waals surface area contributed by atoms with Crippen LogP contribution in [0.25, 0.3) is 0 Å². The van der Waals surface area contributed by atoms with E-state index in [2.05, 4.69) is 26.2 Å². The van der Waals surface area contributed by atoms with Gasteiger partial charge in [-0.1, -0.05) is 39.8 Å². The number of nitrogens with one attached hydrogen (secondary N) is 1. The number of hydrogen-bond donors (Lipinski definition) is 1. The molecule has 1 aliphatic rings. The van der Waals surface area contributed by atoms with Crippen molar-refractivity contribution in [3.63, 3.8) is 0 Å². The lowest BCUT2D eigenvalue weighted by Gasteiger charge is -2.22. The third-order valence-electron chi connectivity index (χ3n) is 4.63. The molecule has 8 heteroatoms. The molecule has 2 aromatic carbocycles. The van der Waals surface area contributed by atoms with E-state index in [0.717, 1.165) is 14.9 Å². The number of amides is 2. The van der Waals surface area contributed by atoms with E-state index in [0.29, 0.717) is 22.0 Å². The van der Waals surface area contributed by atoms with Gasteiger partial charge in [0.2, 0.25) is 5.91 Å². The Labute approximate surface area is 186 Å². The van der Waals surface area contributed by atoms with Gasteiger partial charge in [-0.2, -0.15) is 0 Å². The smallest absolute Gasteiger partial charge is 0.261 e. The van der Waals surface area contributed by atoms with Gasteiger partial charge in [-0.05, 0) is 42.5 Å². The highest BCUT2D eigenvalue weighted by Gasteiger charge is 2.29. The van der Waals surface area contributed by atoms with Crippen LogP contribution < -0.4 is 15.0 Å². The molecule has 0 spiro atoms. The fraction of sp³-hybridized carbons (Fsp3) is 0.136. The second-order valence-electron chi connectivity index (χ2n) is 6.55. The molecule has 0 bridgehead atoms. The molecule has 3 aromatic rings. The zero-order valence-electron chi connectivity index (χ0n) is 16.1. The van der Waals surface area contributed by atoms with E-state index in [1.807, 2.05) is 42.5 Å². The second kappa shape index (κ2) is 8.89. The van der Waals surface area contributed by atoms with Crippen molar-refractivity contribution in [3.05, 3.63) is 76.4 Å². The summed E-state index contributed by atoms with van der Waals surface area (Å²) in [5, 5.41) is 3.52. The minimum absolute atomic E-state index is 0.0962. The minimum Gasteiger partial charge on any atom is -0.496 e. The average Bonchev–Trinajstić information content (AvgIpc) is 2.87. The molecule has 0 saturated heterocycles. The fourth-order valence-electron chi connectivity index (χ4n) is 3.20. The van der Waals surface area contributed by atoms with Gasteiger partial charge in [0.15, 0.2) is 0 Å². The summed E-state index contributed by atoms with van der Waals surface area (Å²) in [6, 6.07) is 16.6. The summed E-state index contributed by atoms with van der Waals surface area (Å²) in [5.74, 6) is 0.175. The molecule has 0 fully saturated rings. The molecule has 0 aliphatic carbocycles. The first-order valence-corrected chi connectivity index (χ1v) is 10.8. The summed E-state index contributed by atoms with van der Waals surface area (Å²) in [5.41, 5.74) is 2.02. The lowest BCUT2D eigenvalue weighted by atomic mass is 10.2. The first-order valence-electron chi connectivity index (χ1n) is 9.19. The molecule has 0 atom stereocenters. The molecule has 0 radical (unpaired) electrons. The molecule has 30 heavy (non-hydrogen) atoms. The molecule has 1 N–H and O–H groups in total. The molecule has 0 saturated carbocycles. The van der Waals surface area contributed by atoms with E-state index in [9.17, 15) is 9.59 Å².